The first-order chi connectivity index (χ1) is 7.90. The first-order valence-corrected chi connectivity index (χ1v) is 5.79. The molecule has 0 aliphatic rings. The second kappa shape index (κ2) is 7.17. The Kier molecular flexibility index (Phi) is 5.84. The van der Waals surface area contributed by atoms with Gasteiger partial charge in [-0.05, 0) is 23.3 Å². The van der Waals surface area contributed by atoms with Gasteiger partial charge < -0.3 is 17.0 Å². The van der Waals surface area contributed by atoms with Gasteiger partial charge in [0.1, 0.15) is 6.54 Å². The van der Waals surface area contributed by atoms with E-state index < -0.39 is 0 Å². The zero-order valence-electron chi connectivity index (χ0n) is 10.0. The average Bonchev–Trinajstić information content (AvgIpc) is 2.38. The molecule has 2 aromatic rings. The van der Waals surface area contributed by atoms with E-state index in [4.69, 9.17) is 0 Å². The highest BCUT2D eigenvalue weighted by molar-refractivity contribution is 5.61. The molecule has 2 aromatic heterocycles. The highest BCUT2D eigenvalue weighted by Gasteiger charge is 2.01. The molecule has 0 fully saturated rings. The second-order valence-corrected chi connectivity index (χ2v) is 3.91. The number of hydrogen-bond donors (Lipinski definition) is 0. The van der Waals surface area contributed by atoms with Crippen molar-refractivity contribution in [3.63, 3.8) is 0 Å². The monoisotopic (exact) mass is 292 g/mol. The van der Waals surface area contributed by atoms with Crippen LogP contribution in [0.2, 0.25) is 0 Å². The fourth-order valence-electron chi connectivity index (χ4n) is 1.68. The van der Waals surface area contributed by atoms with Gasteiger partial charge in [-0.25, -0.2) is 4.57 Å². The topological polar surface area (TPSA) is 16.8 Å². The lowest BCUT2D eigenvalue weighted by molar-refractivity contribution is -0.697. The van der Waals surface area contributed by atoms with Crippen molar-refractivity contribution in [1.29, 1.82) is 0 Å². The number of hydrogen-bond acceptors (Lipinski definition) is 1. The summed E-state index contributed by atoms with van der Waals surface area (Å²) in [6, 6.07) is 8.38. The number of aromatic nitrogens is 2. The van der Waals surface area contributed by atoms with Gasteiger partial charge in [-0.3, -0.25) is 4.98 Å². The fourth-order valence-corrected chi connectivity index (χ4v) is 1.68. The minimum absolute atomic E-state index is 0. The van der Waals surface area contributed by atoms with Crippen molar-refractivity contribution in [3.8, 4) is 11.1 Å². The summed E-state index contributed by atoms with van der Waals surface area (Å²) in [5.74, 6) is 0. The summed E-state index contributed by atoms with van der Waals surface area (Å²) in [5, 5.41) is 0. The average molecular weight is 293 g/mol. The zero-order valence-corrected chi connectivity index (χ0v) is 11.6. The maximum Gasteiger partial charge on any atom is 0.169 e. The van der Waals surface area contributed by atoms with Crippen LogP contribution in [0.4, 0.5) is 0 Å². The van der Waals surface area contributed by atoms with Crippen LogP contribution < -0.4 is 21.5 Å². The van der Waals surface area contributed by atoms with Crippen molar-refractivity contribution in [2.45, 2.75) is 26.3 Å². The van der Waals surface area contributed by atoms with Crippen molar-refractivity contribution < 1.29 is 21.5 Å². The van der Waals surface area contributed by atoms with E-state index in [2.05, 4.69) is 41.0 Å². The van der Waals surface area contributed by atoms with E-state index >= 15 is 0 Å². The molecule has 0 N–H and O–H groups in total. The van der Waals surface area contributed by atoms with Crippen molar-refractivity contribution in [1.82, 2.24) is 4.98 Å². The largest absolute Gasteiger partial charge is 1.00 e. The van der Waals surface area contributed by atoms with Crippen LogP contribution in [0.15, 0.2) is 49.1 Å². The third-order valence-electron chi connectivity index (χ3n) is 2.67. The van der Waals surface area contributed by atoms with Gasteiger partial charge in [0.15, 0.2) is 12.4 Å². The number of aryl methyl sites for hydroxylation is 1. The van der Waals surface area contributed by atoms with Crippen LogP contribution in [0.3, 0.4) is 0 Å². The molecule has 0 saturated carbocycles. The SMILES string of the molecule is CCCC[n+]1ccc(-c2ccncc2)cc1.[Br-]. The van der Waals surface area contributed by atoms with Crippen LogP contribution in [-0.2, 0) is 6.54 Å². The van der Waals surface area contributed by atoms with E-state index in [1.807, 2.05) is 24.5 Å². The summed E-state index contributed by atoms with van der Waals surface area (Å²) in [7, 11) is 0. The molecule has 0 aliphatic carbocycles. The molecule has 0 saturated heterocycles. The molecule has 0 unspecified atom stereocenters. The van der Waals surface area contributed by atoms with E-state index in [0.29, 0.717) is 0 Å². The quantitative estimate of drug-likeness (QED) is 0.716. The molecule has 3 heteroatoms. The summed E-state index contributed by atoms with van der Waals surface area (Å²) in [6.07, 6.45) is 10.4. The van der Waals surface area contributed by atoms with Gasteiger partial charge in [0.05, 0.1) is 0 Å². The predicted octanol–water partition coefficient (Wildman–Crippen LogP) is -0.160. The molecule has 90 valence electrons. The van der Waals surface area contributed by atoms with Crippen LogP contribution in [0, 0.1) is 0 Å². The Morgan fingerprint density at radius 1 is 1.00 bits per heavy atom. The minimum Gasteiger partial charge on any atom is -1.00 e. The number of unbranched alkanes of at least 4 members (excludes halogenated alkanes) is 1. The summed E-state index contributed by atoms with van der Waals surface area (Å²) in [6.45, 7) is 3.32. The van der Waals surface area contributed by atoms with Crippen molar-refractivity contribution in [2.75, 3.05) is 0 Å². The molecule has 0 bridgehead atoms. The molecule has 0 atom stereocenters. The number of rotatable bonds is 4. The van der Waals surface area contributed by atoms with Gasteiger partial charge in [0.25, 0.3) is 0 Å². The third kappa shape index (κ3) is 3.93. The molecular weight excluding hydrogens is 276 g/mol. The van der Waals surface area contributed by atoms with Gasteiger partial charge in [-0.2, -0.15) is 0 Å². The highest BCUT2D eigenvalue weighted by atomic mass is 79.9. The molecule has 0 aliphatic heterocycles. The van der Waals surface area contributed by atoms with E-state index in [1.54, 1.807) is 0 Å². The first kappa shape index (κ1) is 13.8. The maximum absolute atomic E-state index is 4.02. The summed E-state index contributed by atoms with van der Waals surface area (Å²) in [4.78, 5) is 4.02. The highest BCUT2D eigenvalue weighted by Crippen LogP contribution is 2.15. The molecular formula is C14H17BrN2. The maximum atomic E-state index is 4.02. The Morgan fingerprint density at radius 3 is 2.18 bits per heavy atom. The summed E-state index contributed by atoms with van der Waals surface area (Å²) in [5.41, 5.74) is 2.47. The van der Waals surface area contributed by atoms with Gasteiger partial charge in [-0.15, -0.1) is 0 Å². The van der Waals surface area contributed by atoms with Crippen LogP contribution in [-0.4, -0.2) is 4.98 Å². The summed E-state index contributed by atoms with van der Waals surface area (Å²) < 4.78 is 2.23. The second-order valence-electron chi connectivity index (χ2n) is 3.91. The Hall–Kier alpha value is -1.22. The number of pyridine rings is 2. The van der Waals surface area contributed by atoms with Crippen molar-refractivity contribution in [2.24, 2.45) is 0 Å². The molecule has 0 radical (unpaired) electrons. The van der Waals surface area contributed by atoms with E-state index in [1.165, 1.54) is 24.0 Å². The fraction of sp³-hybridized carbons (Fsp3) is 0.286. The van der Waals surface area contributed by atoms with Crippen LogP contribution >= 0.6 is 0 Å². The third-order valence-corrected chi connectivity index (χ3v) is 2.67. The standard InChI is InChI=1S/C14H17N2.BrH/c1-2-3-10-16-11-6-14(7-12-16)13-4-8-15-9-5-13;/h4-9,11-12H,2-3,10H2,1H3;1H/q+1;/p-1. The number of halogens is 1. The number of nitrogens with zero attached hydrogens (tertiary/aromatic N) is 2. The molecule has 2 rings (SSSR count). The lowest BCUT2D eigenvalue weighted by Gasteiger charge is -2.00. The van der Waals surface area contributed by atoms with Gasteiger partial charge in [0.2, 0.25) is 0 Å². The zero-order chi connectivity index (χ0) is 11.2. The lowest BCUT2D eigenvalue weighted by Crippen LogP contribution is -3.00. The summed E-state index contributed by atoms with van der Waals surface area (Å²) >= 11 is 0. The van der Waals surface area contributed by atoms with E-state index in [9.17, 15) is 0 Å². The Morgan fingerprint density at radius 2 is 1.59 bits per heavy atom. The molecule has 17 heavy (non-hydrogen) atoms. The molecule has 0 spiro atoms. The van der Waals surface area contributed by atoms with Crippen molar-refractivity contribution in [3.05, 3.63) is 49.1 Å². The van der Waals surface area contributed by atoms with Crippen LogP contribution in [0.25, 0.3) is 11.1 Å². The lowest BCUT2D eigenvalue weighted by atomic mass is 10.1. The van der Waals surface area contributed by atoms with Gasteiger partial charge >= 0.3 is 0 Å². The Balaban J connectivity index is 0.00000144. The van der Waals surface area contributed by atoms with Crippen LogP contribution in [0.5, 0.6) is 0 Å². The van der Waals surface area contributed by atoms with Gasteiger partial charge in [-0.1, -0.05) is 13.3 Å². The smallest absolute Gasteiger partial charge is 0.169 e. The Labute approximate surface area is 113 Å². The molecule has 0 aromatic carbocycles. The van der Waals surface area contributed by atoms with Gasteiger partial charge in [0, 0.05) is 30.9 Å². The normalized spacial score (nSPS) is 9.71. The van der Waals surface area contributed by atoms with Crippen molar-refractivity contribution >= 4 is 0 Å². The minimum atomic E-state index is 0. The molecule has 0 amide bonds. The molecule has 2 nitrogen and oxygen atoms in total. The predicted molar refractivity (Wildman–Crippen MR) is 64.8 cm³/mol. The first-order valence-electron chi connectivity index (χ1n) is 5.79. The van der Waals surface area contributed by atoms with Crippen LogP contribution in [0.1, 0.15) is 19.8 Å². The Bertz CT molecular complexity index is 426. The van der Waals surface area contributed by atoms with E-state index in [-0.39, 0.29) is 17.0 Å². The van der Waals surface area contributed by atoms with E-state index in [0.717, 1.165) is 6.54 Å². The molecule has 2 heterocycles.